The van der Waals surface area contributed by atoms with Crippen LogP contribution in [0, 0.1) is 11.8 Å². The molecule has 1 unspecified atom stereocenters. The van der Waals surface area contributed by atoms with Gasteiger partial charge in [0.25, 0.3) is 11.8 Å². The number of amides is 2. The highest BCUT2D eigenvalue weighted by atomic mass is 19.1. The van der Waals surface area contributed by atoms with Crippen LogP contribution in [0.2, 0.25) is 0 Å². The molecule has 7 N–H and O–H groups in total. The Labute approximate surface area is 174 Å². The average molecular weight is 412 g/mol. The van der Waals surface area contributed by atoms with E-state index in [1.807, 2.05) is 0 Å². The van der Waals surface area contributed by atoms with E-state index >= 15 is 0 Å². The molecule has 0 saturated carbocycles. The molecule has 2 rings (SSSR count). The number of nitrogens with one attached hydrogen (secondary N) is 2. The summed E-state index contributed by atoms with van der Waals surface area (Å²) in [5.41, 5.74) is 13.4. The van der Waals surface area contributed by atoms with E-state index < -0.39 is 30.1 Å². The summed E-state index contributed by atoms with van der Waals surface area (Å²) in [7, 11) is 0. The zero-order valence-electron chi connectivity index (χ0n) is 16.6. The van der Waals surface area contributed by atoms with Crippen molar-refractivity contribution >= 4 is 17.5 Å². The molecule has 7 nitrogen and oxygen atoms in total. The number of hydrogen-bond donors (Lipinski definition) is 5. The van der Waals surface area contributed by atoms with Crippen molar-refractivity contribution in [3.63, 3.8) is 0 Å². The second-order valence-electron chi connectivity index (χ2n) is 6.47. The summed E-state index contributed by atoms with van der Waals surface area (Å²) < 4.78 is 13.1. The van der Waals surface area contributed by atoms with Crippen LogP contribution in [-0.2, 0) is 4.79 Å². The molecule has 0 bridgehead atoms. The minimum Gasteiger partial charge on any atom is -0.399 e. The number of carbonyl (C=O) groups is 2. The highest BCUT2D eigenvalue weighted by Crippen LogP contribution is 2.11. The Morgan fingerprint density at radius 1 is 1.10 bits per heavy atom. The van der Waals surface area contributed by atoms with Gasteiger partial charge >= 0.3 is 0 Å². The fourth-order valence-corrected chi connectivity index (χ4v) is 2.30. The summed E-state index contributed by atoms with van der Waals surface area (Å²) in [5.74, 6) is 4.28. The maximum atomic E-state index is 13.1. The molecule has 2 amide bonds. The number of benzene rings is 2. The maximum absolute atomic E-state index is 13.1. The van der Waals surface area contributed by atoms with E-state index in [2.05, 4.69) is 30.3 Å². The third-order valence-electron chi connectivity index (χ3n) is 4.00. The first kappa shape index (κ1) is 24.4. The van der Waals surface area contributed by atoms with Gasteiger partial charge in [0.2, 0.25) is 0 Å². The molecule has 158 valence electrons. The highest BCUT2D eigenvalue weighted by Gasteiger charge is 2.37. The van der Waals surface area contributed by atoms with E-state index in [1.54, 1.807) is 36.4 Å². The average Bonchev–Trinajstić information content (AvgIpc) is 2.78. The quantitative estimate of drug-likeness (QED) is 0.168. The summed E-state index contributed by atoms with van der Waals surface area (Å²) in [6.45, 7) is 6.17. The van der Waals surface area contributed by atoms with E-state index in [4.69, 9.17) is 16.7 Å². The Balaban J connectivity index is 0.00000218. The normalized spacial score (nSPS) is 12.7. The van der Waals surface area contributed by atoms with Crippen molar-refractivity contribution in [1.82, 2.24) is 10.8 Å². The molecule has 8 heteroatoms. The zero-order chi connectivity index (χ0) is 22.7. The molecule has 0 radical (unpaired) electrons. The number of anilines is 1. The molecule has 0 saturated heterocycles. The van der Waals surface area contributed by atoms with Crippen molar-refractivity contribution in [3.05, 3.63) is 78.4 Å². The molecule has 0 aromatic heterocycles. The SMILES string of the molecule is C=C.C[C@@](N)(CF)C(NC(=O)c1ccc(C#Cc2ccc(N)cc2)cc1)C(=O)NO. The molecule has 0 heterocycles. The highest BCUT2D eigenvalue weighted by molar-refractivity contribution is 5.98. The van der Waals surface area contributed by atoms with Gasteiger partial charge in [-0.1, -0.05) is 11.8 Å². The maximum Gasteiger partial charge on any atom is 0.267 e. The monoisotopic (exact) mass is 412 g/mol. The van der Waals surface area contributed by atoms with Gasteiger partial charge in [0.15, 0.2) is 0 Å². The topological polar surface area (TPSA) is 130 Å². The van der Waals surface area contributed by atoms with Crippen LogP contribution in [0.5, 0.6) is 0 Å². The standard InChI is InChI=1S/C20H21FN4O3.C2H4/c1-20(23,12-21)17(19(27)25-28)24-18(26)15-8-4-13(5-9-15)2-3-14-6-10-16(22)11-7-14;1-2/h4-11,17,28H,12,22-23H2,1H3,(H,24,26)(H,25,27);1-2H2/t17?,20-;/m1./s1. The Kier molecular flexibility index (Phi) is 9.23. The molecule has 2 aromatic rings. The lowest BCUT2D eigenvalue weighted by atomic mass is 9.94. The summed E-state index contributed by atoms with van der Waals surface area (Å²) in [5, 5.41) is 11.1. The molecule has 2 atom stereocenters. The molecule has 0 spiro atoms. The number of rotatable bonds is 5. The smallest absolute Gasteiger partial charge is 0.267 e. The van der Waals surface area contributed by atoms with Gasteiger partial charge in [0, 0.05) is 22.4 Å². The van der Waals surface area contributed by atoms with E-state index in [0.717, 1.165) is 5.56 Å². The Morgan fingerprint density at radius 2 is 1.57 bits per heavy atom. The molecular weight excluding hydrogens is 387 g/mol. The molecule has 0 aliphatic carbocycles. The Morgan fingerprint density at radius 3 is 2.00 bits per heavy atom. The molecule has 0 fully saturated rings. The lowest BCUT2D eigenvalue weighted by Crippen LogP contribution is -2.64. The van der Waals surface area contributed by atoms with Crippen LogP contribution >= 0.6 is 0 Å². The predicted molar refractivity (Wildman–Crippen MR) is 114 cm³/mol. The fourth-order valence-electron chi connectivity index (χ4n) is 2.30. The first-order chi connectivity index (χ1) is 14.3. The van der Waals surface area contributed by atoms with Crippen LogP contribution in [0.4, 0.5) is 10.1 Å². The van der Waals surface area contributed by atoms with Gasteiger partial charge < -0.3 is 16.8 Å². The molecule has 0 aliphatic rings. The third kappa shape index (κ3) is 6.74. The number of carbonyl (C=O) groups excluding carboxylic acids is 2. The van der Waals surface area contributed by atoms with E-state index in [9.17, 15) is 14.0 Å². The Bertz CT molecular complexity index is 916. The van der Waals surface area contributed by atoms with Crippen molar-refractivity contribution in [2.24, 2.45) is 5.73 Å². The number of alkyl halides is 1. The van der Waals surface area contributed by atoms with Gasteiger partial charge in [0.05, 0.1) is 5.54 Å². The van der Waals surface area contributed by atoms with Crippen molar-refractivity contribution in [2.75, 3.05) is 12.4 Å². The molecular formula is C22H25FN4O3. The number of hydroxylamine groups is 1. The molecule has 30 heavy (non-hydrogen) atoms. The lowest BCUT2D eigenvalue weighted by molar-refractivity contribution is -0.132. The van der Waals surface area contributed by atoms with Crippen molar-refractivity contribution in [1.29, 1.82) is 0 Å². The first-order valence-corrected chi connectivity index (χ1v) is 8.84. The van der Waals surface area contributed by atoms with Crippen molar-refractivity contribution in [2.45, 2.75) is 18.5 Å². The van der Waals surface area contributed by atoms with E-state index in [1.165, 1.54) is 24.5 Å². The van der Waals surface area contributed by atoms with Crippen LogP contribution < -0.4 is 22.3 Å². The zero-order valence-corrected chi connectivity index (χ0v) is 16.6. The van der Waals surface area contributed by atoms with Gasteiger partial charge in [-0.25, -0.2) is 9.87 Å². The van der Waals surface area contributed by atoms with Crippen LogP contribution in [-0.4, -0.2) is 35.3 Å². The largest absolute Gasteiger partial charge is 0.399 e. The van der Waals surface area contributed by atoms with Gasteiger partial charge in [-0.3, -0.25) is 14.8 Å². The van der Waals surface area contributed by atoms with E-state index in [0.29, 0.717) is 11.3 Å². The Hall–Kier alpha value is -3.67. The van der Waals surface area contributed by atoms with Gasteiger partial charge in [-0.15, -0.1) is 13.2 Å². The van der Waals surface area contributed by atoms with Crippen molar-refractivity contribution in [3.8, 4) is 11.8 Å². The molecule has 0 aliphatic heterocycles. The summed E-state index contributed by atoms with van der Waals surface area (Å²) in [6.07, 6.45) is 0. The van der Waals surface area contributed by atoms with Crippen LogP contribution in [0.15, 0.2) is 61.7 Å². The van der Waals surface area contributed by atoms with Gasteiger partial charge in [0.1, 0.15) is 12.7 Å². The van der Waals surface area contributed by atoms with Gasteiger partial charge in [-0.05, 0) is 55.5 Å². The second-order valence-corrected chi connectivity index (χ2v) is 6.47. The minimum atomic E-state index is -1.69. The van der Waals surface area contributed by atoms with Crippen molar-refractivity contribution < 1.29 is 19.2 Å². The minimum absolute atomic E-state index is 0.225. The van der Waals surface area contributed by atoms with Crippen LogP contribution in [0.25, 0.3) is 0 Å². The molecule has 2 aromatic carbocycles. The number of nitrogens with two attached hydrogens (primary N) is 2. The fraction of sp³-hybridized carbons (Fsp3) is 0.182. The lowest BCUT2D eigenvalue weighted by Gasteiger charge is -2.30. The van der Waals surface area contributed by atoms with Gasteiger partial charge in [-0.2, -0.15) is 0 Å². The number of hydrogen-bond acceptors (Lipinski definition) is 5. The van der Waals surface area contributed by atoms with Crippen LogP contribution in [0.3, 0.4) is 0 Å². The summed E-state index contributed by atoms with van der Waals surface area (Å²) >= 11 is 0. The third-order valence-corrected chi connectivity index (χ3v) is 4.00. The first-order valence-electron chi connectivity index (χ1n) is 8.84. The summed E-state index contributed by atoms with van der Waals surface area (Å²) in [4.78, 5) is 24.1. The van der Waals surface area contributed by atoms with E-state index in [-0.39, 0.29) is 5.56 Å². The predicted octanol–water partition coefficient (Wildman–Crippen LogP) is 1.76. The number of nitrogen functional groups attached to an aromatic ring is 1. The number of halogens is 1. The van der Waals surface area contributed by atoms with Crippen LogP contribution in [0.1, 0.15) is 28.4 Å². The summed E-state index contributed by atoms with van der Waals surface area (Å²) in [6, 6.07) is 11.9. The second kappa shape index (κ2) is 11.4.